The number of carbonyl (C=O) groups is 1. The Bertz CT molecular complexity index is 934. The molecule has 0 aromatic carbocycles. The van der Waals surface area contributed by atoms with Crippen LogP contribution >= 0.6 is 0 Å². The van der Waals surface area contributed by atoms with Crippen LogP contribution in [-0.4, -0.2) is 34.9 Å². The fourth-order valence-electron chi connectivity index (χ4n) is 7.33. The molecule has 56 heavy (non-hydrogen) atoms. The van der Waals surface area contributed by atoms with Crippen molar-refractivity contribution in [1.82, 2.24) is 5.32 Å². The Morgan fingerprint density at radius 3 is 1.14 bits per heavy atom. The van der Waals surface area contributed by atoms with Gasteiger partial charge in [0.05, 0.1) is 18.8 Å². The molecule has 1 amide bonds. The van der Waals surface area contributed by atoms with Crippen molar-refractivity contribution in [2.45, 2.75) is 257 Å². The molecule has 326 valence electrons. The average molecular weight is 782 g/mol. The number of carbonyl (C=O) groups excluding carboxylic acids is 1. The highest BCUT2D eigenvalue weighted by Gasteiger charge is 2.19. The third kappa shape index (κ3) is 43.2. The summed E-state index contributed by atoms with van der Waals surface area (Å²) in [6.07, 6.45) is 67.0. The van der Waals surface area contributed by atoms with Gasteiger partial charge in [0.25, 0.3) is 0 Å². The van der Waals surface area contributed by atoms with E-state index < -0.39 is 12.1 Å². The van der Waals surface area contributed by atoms with E-state index in [4.69, 9.17) is 0 Å². The van der Waals surface area contributed by atoms with Crippen LogP contribution in [-0.2, 0) is 4.79 Å². The minimum Gasteiger partial charge on any atom is -0.394 e. The molecule has 2 atom stereocenters. The van der Waals surface area contributed by atoms with Crippen LogP contribution in [0.1, 0.15) is 245 Å². The molecule has 0 heterocycles. The molecule has 0 bridgehead atoms. The van der Waals surface area contributed by atoms with E-state index in [9.17, 15) is 15.0 Å². The summed E-state index contributed by atoms with van der Waals surface area (Å²) >= 11 is 0. The zero-order valence-corrected chi connectivity index (χ0v) is 37.4. The van der Waals surface area contributed by atoms with Crippen LogP contribution in [0.15, 0.2) is 60.8 Å². The number of rotatable bonds is 44. The molecule has 0 saturated heterocycles. The third-order valence-electron chi connectivity index (χ3n) is 11.0. The van der Waals surface area contributed by atoms with Gasteiger partial charge < -0.3 is 15.5 Å². The van der Waals surface area contributed by atoms with Crippen molar-refractivity contribution in [2.24, 2.45) is 0 Å². The SMILES string of the molecule is CC/C=C\C/C=C\C/C=C\C/C=C\C/C=C\CCCCCCCCCCCCCCCCCCCCCCCCCCCC(=O)NC(CO)C(O)CCCCC. The molecular weight excluding hydrogens is 687 g/mol. The van der Waals surface area contributed by atoms with Crippen LogP contribution in [0.2, 0.25) is 0 Å². The molecule has 0 aromatic heterocycles. The first kappa shape index (κ1) is 54.1. The molecule has 2 unspecified atom stereocenters. The number of amides is 1. The van der Waals surface area contributed by atoms with Gasteiger partial charge in [0.1, 0.15) is 0 Å². The van der Waals surface area contributed by atoms with E-state index in [2.05, 4.69) is 79.9 Å². The molecule has 0 spiro atoms. The van der Waals surface area contributed by atoms with E-state index in [-0.39, 0.29) is 12.5 Å². The van der Waals surface area contributed by atoms with Gasteiger partial charge in [-0.05, 0) is 57.8 Å². The van der Waals surface area contributed by atoms with E-state index in [0.29, 0.717) is 12.8 Å². The molecule has 0 fully saturated rings. The second-order valence-electron chi connectivity index (χ2n) is 16.5. The molecule has 0 aliphatic rings. The Morgan fingerprint density at radius 1 is 0.446 bits per heavy atom. The molecule has 0 rings (SSSR count). The van der Waals surface area contributed by atoms with Gasteiger partial charge in [-0.3, -0.25) is 4.79 Å². The van der Waals surface area contributed by atoms with Crippen LogP contribution in [0, 0.1) is 0 Å². The van der Waals surface area contributed by atoms with Crippen molar-refractivity contribution in [2.75, 3.05) is 6.61 Å². The summed E-state index contributed by atoms with van der Waals surface area (Å²) in [7, 11) is 0. The largest absolute Gasteiger partial charge is 0.394 e. The normalized spacial score (nSPS) is 13.4. The molecule has 0 aliphatic carbocycles. The lowest BCUT2D eigenvalue weighted by atomic mass is 10.0. The van der Waals surface area contributed by atoms with Crippen molar-refractivity contribution in [1.29, 1.82) is 0 Å². The monoisotopic (exact) mass is 782 g/mol. The van der Waals surface area contributed by atoms with E-state index in [1.165, 1.54) is 154 Å². The van der Waals surface area contributed by atoms with E-state index >= 15 is 0 Å². The van der Waals surface area contributed by atoms with Crippen molar-refractivity contribution in [3.63, 3.8) is 0 Å². The first-order valence-electron chi connectivity index (χ1n) is 24.5. The van der Waals surface area contributed by atoms with E-state index in [1.807, 2.05) is 0 Å². The third-order valence-corrected chi connectivity index (χ3v) is 11.0. The maximum atomic E-state index is 12.2. The van der Waals surface area contributed by atoms with Gasteiger partial charge in [-0.2, -0.15) is 0 Å². The Morgan fingerprint density at radius 2 is 0.786 bits per heavy atom. The van der Waals surface area contributed by atoms with Gasteiger partial charge >= 0.3 is 0 Å². The van der Waals surface area contributed by atoms with Crippen LogP contribution < -0.4 is 5.32 Å². The minimum absolute atomic E-state index is 0.0409. The zero-order valence-electron chi connectivity index (χ0n) is 37.4. The van der Waals surface area contributed by atoms with E-state index in [0.717, 1.165) is 64.2 Å². The highest BCUT2D eigenvalue weighted by Crippen LogP contribution is 2.16. The number of allylic oxidation sites excluding steroid dienone is 10. The highest BCUT2D eigenvalue weighted by atomic mass is 16.3. The van der Waals surface area contributed by atoms with Gasteiger partial charge in [0, 0.05) is 6.42 Å². The molecule has 4 nitrogen and oxygen atoms in total. The highest BCUT2D eigenvalue weighted by molar-refractivity contribution is 5.76. The summed E-state index contributed by atoms with van der Waals surface area (Å²) in [4.78, 5) is 12.2. The number of nitrogens with one attached hydrogen (secondary N) is 1. The lowest BCUT2D eigenvalue weighted by molar-refractivity contribution is -0.123. The maximum absolute atomic E-state index is 12.2. The summed E-state index contributed by atoms with van der Waals surface area (Å²) in [5.41, 5.74) is 0. The summed E-state index contributed by atoms with van der Waals surface area (Å²) in [6.45, 7) is 4.10. The smallest absolute Gasteiger partial charge is 0.220 e. The number of aliphatic hydroxyl groups excluding tert-OH is 2. The quantitative estimate of drug-likeness (QED) is 0.0426. The van der Waals surface area contributed by atoms with Crippen LogP contribution in [0.25, 0.3) is 0 Å². The fraction of sp³-hybridized carbons (Fsp3) is 0.788. The van der Waals surface area contributed by atoms with Gasteiger partial charge in [-0.1, -0.05) is 242 Å². The van der Waals surface area contributed by atoms with Crippen LogP contribution in [0.4, 0.5) is 0 Å². The van der Waals surface area contributed by atoms with Crippen molar-refractivity contribution in [3.8, 4) is 0 Å². The average Bonchev–Trinajstić information content (AvgIpc) is 3.20. The second kappa shape index (κ2) is 47.5. The zero-order chi connectivity index (χ0) is 40.7. The summed E-state index contributed by atoms with van der Waals surface area (Å²) < 4.78 is 0. The van der Waals surface area contributed by atoms with E-state index in [1.54, 1.807) is 0 Å². The van der Waals surface area contributed by atoms with Gasteiger partial charge in [-0.25, -0.2) is 0 Å². The number of hydrogen-bond donors (Lipinski definition) is 3. The molecular formula is C52H95NO3. The first-order chi connectivity index (χ1) is 27.7. The molecule has 3 N–H and O–H groups in total. The Kier molecular flexibility index (Phi) is 45.8. The fourth-order valence-corrected chi connectivity index (χ4v) is 7.33. The topological polar surface area (TPSA) is 69.6 Å². The van der Waals surface area contributed by atoms with Crippen molar-refractivity contribution < 1.29 is 15.0 Å². The lowest BCUT2D eigenvalue weighted by Crippen LogP contribution is -2.45. The predicted octanol–water partition coefficient (Wildman–Crippen LogP) is 15.7. The van der Waals surface area contributed by atoms with Gasteiger partial charge in [0.15, 0.2) is 0 Å². The summed E-state index contributed by atoms with van der Waals surface area (Å²) in [5.74, 6) is -0.0409. The second-order valence-corrected chi connectivity index (χ2v) is 16.5. The van der Waals surface area contributed by atoms with Gasteiger partial charge in [0.2, 0.25) is 5.91 Å². The molecule has 0 aliphatic heterocycles. The van der Waals surface area contributed by atoms with Crippen molar-refractivity contribution >= 4 is 5.91 Å². The summed E-state index contributed by atoms with van der Waals surface area (Å²) in [6, 6.07) is -0.530. The van der Waals surface area contributed by atoms with Crippen molar-refractivity contribution in [3.05, 3.63) is 60.8 Å². The lowest BCUT2D eigenvalue weighted by Gasteiger charge is -2.22. The first-order valence-corrected chi connectivity index (χ1v) is 24.5. The number of aliphatic hydroxyl groups is 2. The minimum atomic E-state index is -0.654. The number of hydrogen-bond acceptors (Lipinski definition) is 3. The molecule has 0 radical (unpaired) electrons. The Labute approximate surface area is 349 Å². The molecule has 4 heteroatoms. The number of unbranched alkanes of at least 4 members (excludes halogenated alkanes) is 27. The standard InChI is InChI=1S/C52H95NO3/c1-3-5-7-8-9-10-11-12-13-14-15-16-17-18-19-20-21-22-23-24-25-26-27-28-29-30-31-32-33-34-35-36-37-38-39-40-41-42-43-44-46-48-52(56)53-50(49-54)51(55)47-45-6-4-2/h5,7,9-10,12-13,15-16,18-19,50-51,54-55H,3-4,6,8,11,14,17,20-49H2,1-2H3,(H,53,56)/b7-5-,10-9-,13-12-,16-15-,19-18-. The van der Waals surface area contributed by atoms with Crippen LogP contribution in [0.5, 0.6) is 0 Å². The Balaban J connectivity index is 3.30. The van der Waals surface area contributed by atoms with Gasteiger partial charge in [-0.15, -0.1) is 0 Å². The Hall–Kier alpha value is -1.91. The maximum Gasteiger partial charge on any atom is 0.220 e. The predicted molar refractivity (Wildman–Crippen MR) is 248 cm³/mol. The van der Waals surface area contributed by atoms with Crippen LogP contribution in [0.3, 0.4) is 0 Å². The molecule has 0 saturated carbocycles. The molecule has 0 aromatic rings. The summed E-state index contributed by atoms with van der Waals surface area (Å²) in [5, 5.41) is 22.6.